The van der Waals surface area contributed by atoms with Crippen LogP contribution < -0.4 is 15.0 Å². The molecule has 28 heavy (non-hydrogen) atoms. The molecule has 0 bridgehead atoms. The summed E-state index contributed by atoms with van der Waals surface area (Å²) in [6.45, 7) is 6.57. The lowest BCUT2D eigenvalue weighted by molar-refractivity contribution is 0.0932. The van der Waals surface area contributed by atoms with Crippen LogP contribution in [0.5, 0.6) is 5.75 Å². The highest BCUT2D eigenvalue weighted by Gasteiger charge is 2.18. The second-order valence-electron chi connectivity index (χ2n) is 8.02. The molecule has 4 nitrogen and oxygen atoms in total. The van der Waals surface area contributed by atoms with Crippen molar-refractivity contribution in [1.82, 2.24) is 5.32 Å². The summed E-state index contributed by atoms with van der Waals surface area (Å²) < 4.78 is 5.25. The number of hydrogen-bond donors (Lipinski definition) is 1. The van der Waals surface area contributed by atoms with Gasteiger partial charge in [0.25, 0.3) is 5.91 Å². The SMILES string of the molecule is COc1ccc([C@@H](CC(C)C)NC(=O)c2ccc(N3CCCCC3)cc2)cc1. The van der Waals surface area contributed by atoms with E-state index in [4.69, 9.17) is 4.74 Å². The van der Waals surface area contributed by atoms with E-state index in [0.717, 1.165) is 30.8 Å². The number of nitrogens with one attached hydrogen (secondary N) is 1. The summed E-state index contributed by atoms with van der Waals surface area (Å²) in [5.41, 5.74) is 3.03. The van der Waals surface area contributed by atoms with Gasteiger partial charge >= 0.3 is 0 Å². The van der Waals surface area contributed by atoms with Crippen molar-refractivity contribution in [2.24, 2.45) is 5.92 Å². The molecule has 2 aromatic rings. The molecule has 1 N–H and O–H groups in total. The molecule has 1 heterocycles. The summed E-state index contributed by atoms with van der Waals surface area (Å²) in [6.07, 6.45) is 4.71. The number of hydrogen-bond acceptors (Lipinski definition) is 3. The molecule has 1 saturated heterocycles. The maximum Gasteiger partial charge on any atom is 0.251 e. The summed E-state index contributed by atoms with van der Waals surface area (Å²) in [7, 11) is 1.66. The predicted molar refractivity (Wildman–Crippen MR) is 115 cm³/mol. The van der Waals surface area contributed by atoms with E-state index in [9.17, 15) is 4.79 Å². The fraction of sp³-hybridized carbons (Fsp3) is 0.458. The lowest BCUT2D eigenvalue weighted by atomic mass is 9.96. The quantitative estimate of drug-likeness (QED) is 0.717. The van der Waals surface area contributed by atoms with Crippen LogP contribution in [-0.4, -0.2) is 26.1 Å². The molecule has 1 aliphatic rings. The molecule has 0 aromatic heterocycles. The van der Waals surface area contributed by atoms with Crippen LogP contribution in [0.25, 0.3) is 0 Å². The molecule has 0 aliphatic carbocycles. The van der Waals surface area contributed by atoms with Crippen LogP contribution >= 0.6 is 0 Å². The Balaban J connectivity index is 1.69. The average molecular weight is 381 g/mol. The van der Waals surface area contributed by atoms with Gasteiger partial charge in [-0.25, -0.2) is 0 Å². The molecule has 1 fully saturated rings. The van der Waals surface area contributed by atoms with Crippen molar-refractivity contribution in [1.29, 1.82) is 0 Å². The van der Waals surface area contributed by atoms with Gasteiger partial charge in [-0.2, -0.15) is 0 Å². The number of amides is 1. The highest BCUT2D eigenvalue weighted by molar-refractivity contribution is 5.94. The number of ether oxygens (including phenoxy) is 1. The molecule has 0 unspecified atom stereocenters. The standard InChI is InChI=1S/C24H32N2O2/c1-18(2)17-23(19-9-13-22(28-3)14-10-19)25-24(27)20-7-11-21(12-8-20)26-15-5-4-6-16-26/h7-14,18,23H,4-6,15-17H2,1-3H3,(H,25,27)/t23-/m1/s1. The maximum atomic E-state index is 12.9. The van der Waals surface area contributed by atoms with Gasteiger partial charge in [0.2, 0.25) is 0 Å². The molecule has 0 saturated carbocycles. The molecule has 2 aromatic carbocycles. The summed E-state index contributed by atoms with van der Waals surface area (Å²) in [5.74, 6) is 1.28. The monoisotopic (exact) mass is 380 g/mol. The molecule has 0 radical (unpaired) electrons. The third-order valence-electron chi connectivity index (χ3n) is 5.38. The molecular weight excluding hydrogens is 348 g/mol. The summed E-state index contributed by atoms with van der Waals surface area (Å²) in [6, 6.07) is 16.0. The van der Waals surface area contributed by atoms with E-state index in [2.05, 4.69) is 36.2 Å². The molecule has 1 atom stereocenters. The second kappa shape index (κ2) is 9.63. The number of nitrogens with zero attached hydrogens (tertiary/aromatic N) is 1. The van der Waals surface area contributed by atoms with Gasteiger partial charge in [-0.1, -0.05) is 26.0 Å². The molecule has 3 rings (SSSR count). The van der Waals surface area contributed by atoms with Crippen molar-refractivity contribution < 1.29 is 9.53 Å². The van der Waals surface area contributed by atoms with Crippen molar-refractivity contribution in [3.8, 4) is 5.75 Å². The van der Waals surface area contributed by atoms with Gasteiger partial charge in [0, 0.05) is 24.3 Å². The number of benzene rings is 2. The minimum Gasteiger partial charge on any atom is -0.497 e. The van der Waals surface area contributed by atoms with Crippen LogP contribution in [0.15, 0.2) is 48.5 Å². The Labute approximate surface area is 168 Å². The Morgan fingerprint density at radius 3 is 2.21 bits per heavy atom. The van der Waals surface area contributed by atoms with Crippen LogP contribution in [0.2, 0.25) is 0 Å². The average Bonchev–Trinajstić information content (AvgIpc) is 2.74. The first-order valence-corrected chi connectivity index (χ1v) is 10.4. The van der Waals surface area contributed by atoms with Crippen molar-refractivity contribution in [3.05, 3.63) is 59.7 Å². The predicted octanol–water partition coefficient (Wildman–Crippen LogP) is 5.20. The third kappa shape index (κ3) is 5.28. The fourth-order valence-electron chi connectivity index (χ4n) is 3.80. The Kier molecular flexibility index (Phi) is 6.96. The van der Waals surface area contributed by atoms with Gasteiger partial charge in [0.05, 0.1) is 13.2 Å². The van der Waals surface area contributed by atoms with Crippen LogP contribution in [0.4, 0.5) is 5.69 Å². The van der Waals surface area contributed by atoms with Gasteiger partial charge in [-0.05, 0) is 73.6 Å². The van der Waals surface area contributed by atoms with Crippen LogP contribution in [0, 0.1) is 5.92 Å². The van der Waals surface area contributed by atoms with Gasteiger partial charge in [0.15, 0.2) is 0 Å². The van der Waals surface area contributed by atoms with E-state index < -0.39 is 0 Å². The van der Waals surface area contributed by atoms with Crippen LogP contribution in [0.1, 0.15) is 61.5 Å². The first kappa shape index (κ1) is 20.2. The topological polar surface area (TPSA) is 41.6 Å². The lowest BCUT2D eigenvalue weighted by Gasteiger charge is -2.29. The number of rotatable bonds is 7. The molecule has 150 valence electrons. The largest absolute Gasteiger partial charge is 0.497 e. The van der Waals surface area contributed by atoms with Gasteiger partial charge < -0.3 is 15.0 Å². The van der Waals surface area contributed by atoms with Crippen molar-refractivity contribution >= 4 is 11.6 Å². The van der Waals surface area contributed by atoms with Gasteiger partial charge in [-0.3, -0.25) is 4.79 Å². The maximum absolute atomic E-state index is 12.9. The third-order valence-corrected chi connectivity index (χ3v) is 5.38. The van der Waals surface area contributed by atoms with E-state index in [1.807, 2.05) is 36.4 Å². The van der Waals surface area contributed by atoms with E-state index >= 15 is 0 Å². The first-order chi connectivity index (χ1) is 13.6. The fourth-order valence-corrected chi connectivity index (χ4v) is 3.80. The molecule has 0 spiro atoms. The Morgan fingerprint density at radius 1 is 1.00 bits per heavy atom. The highest BCUT2D eigenvalue weighted by atomic mass is 16.5. The lowest BCUT2D eigenvalue weighted by Crippen LogP contribution is -2.30. The van der Waals surface area contributed by atoms with E-state index in [1.165, 1.54) is 24.9 Å². The number of carbonyl (C=O) groups is 1. The molecule has 4 heteroatoms. The number of carbonyl (C=O) groups excluding carboxylic acids is 1. The smallest absolute Gasteiger partial charge is 0.251 e. The van der Waals surface area contributed by atoms with E-state index in [1.54, 1.807) is 7.11 Å². The number of piperidine rings is 1. The zero-order valence-corrected chi connectivity index (χ0v) is 17.3. The summed E-state index contributed by atoms with van der Waals surface area (Å²) in [4.78, 5) is 15.3. The molecular formula is C24H32N2O2. The second-order valence-corrected chi connectivity index (χ2v) is 8.02. The van der Waals surface area contributed by atoms with Crippen LogP contribution in [-0.2, 0) is 0 Å². The molecule has 1 amide bonds. The molecule has 1 aliphatic heterocycles. The first-order valence-electron chi connectivity index (χ1n) is 10.4. The minimum absolute atomic E-state index is 0.0137. The van der Waals surface area contributed by atoms with E-state index in [0.29, 0.717) is 11.5 Å². The normalized spacial score (nSPS) is 15.4. The van der Waals surface area contributed by atoms with Gasteiger partial charge in [0.1, 0.15) is 5.75 Å². The van der Waals surface area contributed by atoms with Crippen molar-refractivity contribution in [2.45, 2.75) is 45.6 Å². The zero-order chi connectivity index (χ0) is 19.9. The Hall–Kier alpha value is -2.49. The Morgan fingerprint density at radius 2 is 1.64 bits per heavy atom. The Bertz CT molecular complexity index is 747. The van der Waals surface area contributed by atoms with Crippen molar-refractivity contribution in [2.75, 3.05) is 25.1 Å². The summed E-state index contributed by atoms with van der Waals surface area (Å²) in [5, 5.41) is 3.22. The highest BCUT2D eigenvalue weighted by Crippen LogP contribution is 2.25. The number of methoxy groups -OCH3 is 1. The van der Waals surface area contributed by atoms with E-state index in [-0.39, 0.29) is 11.9 Å². The van der Waals surface area contributed by atoms with Crippen molar-refractivity contribution in [3.63, 3.8) is 0 Å². The minimum atomic E-state index is -0.0216. The number of anilines is 1. The van der Waals surface area contributed by atoms with Crippen LogP contribution in [0.3, 0.4) is 0 Å². The zero-order valence-electron chi connectivity index (χ0n) is 17.3. The van der Waals surface area contributed by atoms with Gasteiger partial charge in [-0.15, -0.1) is 0 Å². The summed E-state index contributed by atoms with van der Waals surface area (Å²) >= 11 is 0.